The molecule has 1 aliphatic rings. The largest absolute Gasteiger partial charge is 0.465 e. The number of nitrogens with zero attached hydrogens (tertiary/aromatic N) is 2. The molecule has 30 heavy (non-hydrogen) atoms. The molecular weight excluding hydrogens is 416 g/mol. The Bertz CT molecular complexity index is 1140. The highest BCUT2D eigenvalue weighted by Crippen LogP contribution is 2.35. The molecule has 0 saturated heterocycles. The highest BCUT2D eigenvalue weighted by Gasteiger charge is 2.26. The van der Waals surface area contributed by atoms with Gasteiger partial charge in [0.1, 0.15) is 0 Å². The van der Waals surface area contributed by atoms with E-state index in [9.17, 15) is 9.59 Å². The van der Waals surface area contributed by atoms with Gasteiger partial charge in [0.15, 0.2) is 5.16 Å². The summed E-state index contributed by atoms with van der Waals surface area (Å²) in [6.45, 7) is 4.15. The summed E-state index contributed by atoms with van der Waals surface area (Å²) in [4.78, 5) is 30.6. The molecule has 0 spiro atoms. The lowest BCUT2D eigenvalue weighted by molar-refractivity contribution is 0.0600. The van der Waals surface area contributed by atoms with E-state index in [0.717, 1.165) is 33.8 Å². The Hall–Kier alpha value is -2.51. The molecule has 1 aliphatic heterocycles. The first-order valence-corrected chi connectivity index (χ1v) is 11.5. The number of aryl methyl sites for hydroxylation is 1. The van der Waals surface area contributed by atoms with Gasteiger partial charge in [-0.25, -0.2) is 9.78 Å². The summed E-state index contributed by atoms with van der Waals surface area (Å²) in [7, 11) is 1.37. The molecule has 1 unspecified atom stereocenters. The molecule has 0 bridgehead atoms. The molecule has 7 heteroatoms. The van der Waals surface area contributed by atoms with Crippen LogP contribution in [0, 0.1) is 6.92 Å². The van der Waals surface area contributed by atoms with Gasteiger partial charge in [0, 0.05) is 17.4 Å². The molecule has 4 rings (SSSR count). The molecule has 2 heterocycles. The number of aromatic nitrogens is 2. The predicted octanol–water partition coefficient (Wildman–Crippen LogP) is 4.66. The number of ether oxygens (including phenoxy) is 1. The number of thioether (sulfide) groups is 2. The van der Waals surface area contributed by atoms with Gasteiger partial charge in [-0.15, -0.1) is 11.8 Å². The summed E-state index contributed by atoms with van der Waals surface area (Å²) >= 11 is 3.14. The fourth-order valence-corrected chi connectivity index (χ4v) is 5.40. The number of carbonyl (C=O) groups is 1. The summed E-state index contributed by atoms with van der Waals surface area (Å²) < 4.78 is 6.47. The van der Waals surface area contributed by atoms with Crippen molar-refractivity contribution in [1.29, 1.82) is 0 Å². The summed E-state index contributed by atoms with van der Waals surface area (Å²) in [5.41, 5.74) is 4.42. The maximum absolute atomic E-state index is 13.3. The molecule has 0 fully saturated rings. The average Bonchev–Trinajstić information content (AvgIpc) is 3.13. The van der Waals surface area contributed by atoms with E-state index < -0.39 is 0 Å². The van der Waals surface area contributed by atoms with Crippen LogP contribution >= 0.6 is 23.5 Å². The van der Waals surface area contributed by atoms with Crippen molar-refractivity contribution >= 4 is 29.5 Å². The summed E-state index contributed by atoms with van der Waals surface area (Å²) in [6, 6.07) is 15.2. The second kappa shape index (κ2) is 8.70. The molecule has 1 atom stereocenters. The highest BCUT2D eigenvalue weighted by molar-refractivity contribution is 8.00. The molecular formula is C23H22N2O3S2. The van der Waals surface area contributed by atoms with Crippen molar-refractivity contribution in [3.05, 3.63) is 81.3 Å². The number of esters is 1. The minimum absolute atomic E-state index is 0.00161. The zero-order chi connectivity index (χ0) is 21.3. The van der Waals surface area contributed by atoms with Crippen LogP contribution in [0.5, 0.6) is 0 Å². The maximum Gasteiger partial charge on any atom is 0.337 e. The molecule has 154 valence electrons. The van der Waals surface area contributed by atoms with Crippen LogP contribution in [0.2, 0.25) is 0 Å². The van der Waals surface area contributed by atoms with E-state index in [1.54, 1.807) is 28.5 Å². The van der Waals surface area contributed by atoms with Crippen molar-refractivity contribution in [1.82, 2.24) is 9.55 Å². The van der Waals surface area contributed by atoms with Gasteiger partial charge in [-0.1, -0.05) is 48.5 Å². The first kappa shape index (κ1) is 20.8. The predicted molar refractivity (Wildman–Crippen MR) is 121 cm³/mol. The van der Waals surface area contributed by atoms with Crippen LogP contribution < -0.4 is 5.56 Å². The van der Waals surface area contributed by atoms with E-state index in [0.29, 0.717) is 21.7 Å². The molecule has 0 amide bonds. The van der Waals surface area contributed by atoms with Gasteiger partial charge in [-0.05, 0) is 36.8 Å². The van der Waals surface area contributed by atoms with Gasteiger partial charge >= 0.3 is 5.97 Å². The number of benzene rings is 2. The van der Waals surface area contributed by atoms with Gasteiger partial charge in [0.2, 0.25) is 0 Å². The Balaban J connectivity index is 1.67. The number of hydrogen-bond donors (Lipinski definition) is 0. The number of carbonyl (C=O) groups excluding carboxylic acids is 1. The van der Waals surface area contributed by atoms with Crippen molar-refractivity contribution in [3.8, 4) is 5.69 Å². The topological polar surface area (TPSA) is 61.2 Å². The minimum atomic E-state index is -0.352. The molecule has 2 aromatic carbocycles. The van der Waals surface area contributed by atoms with Crippen molar-refractivity contribution in [3.63, 3.8) is 0 Å². The Morgan fingerprint density at radius 3 is 2.57 bits per heavy atom. The lowest BCUT2D eigenvalue weighted by Crippen LogP contribution is -2.23. The SMILES string of the molecule is COC(=O)c1ccc(CSc2nc3c(c(=O)n2-c2ccc(C)cc2)SC(C)C3)cc1. The minimum Gasteiger partial charge on any atom is -0.465 e. The van der Waals surface area contributed by atoms with Gasteiger partial charge in [0.25, 0.3) is 5.56 Å². The summed E-state index contributed by atoms with van der Waals surface area (Å²) in [6.07, 6.45) is 0.811. The number of methoxy groups -OCH3 is 1. The lowest BCUT2D eigenvalue weighted by atomic mass is 10.1. The standard InChI is InChI=1S/C23H22N2O3S2/c1-14-4-10-18(11-5-14)25-21(26)20-19(12-15(2)30-20)24-23(25)29-13-16-6-8-17(9-7-16)22(27)28-3/h4-11,15H,12-13H2,1-3H3. The molecule has 5 nitrogen and oxygen atoms in total. The van der Waals surface area contributed by atoms with E-state index in [-0.39, 0.29) is 11.5 Å². The van der Waals surface area contributed by atoms with Crippen molar-refractivity contribution in [2.24, 2.45) is 0 Å². The third-order valence-electron chi connectivity index (χ3n) is 4.92. The van der Waals surface area contributed by atoms with Crippen molar-refractivity contribution in [2.75, 3.05) is 7.11 Å². The van der Waals surface area contributed by atoms with Crippen LogP contribution in [0.4, 0.5) is 0 Å². The first-order valence-electron chi connectivity index (χ1n) is 9.66. The van der Waals surface area contributed by atoms with Gasteiger partial charge in [-0.3, -0.25) is 9.36 Å². The third kappa shape index (κ3) is 4.18. The van der Waals surface area contributed by atoms with Gasteiger partial charge in [-0.2, -0.15) is 0 Å². The van der Waals surface area contributed by atoms with E-state index in [1.807, 2.05) is 43.3 Å². The second-order valence-electron chi connectivity index (χ2n) is 7.26. The Kier molecular flexibility index (Phi) is 6.01. The van der Waals surface area contributed by atoms with Crippen LogP contribution in [-0.2, 0) is 16.9 Å². The van der Waals surface area contributed by atoms with Crippen LogP contribution in [0.25, 0.3) is 5.69 Å². The van der Waals surface area contributed by atoms with Crippen molar-refractivity contribution in [2.45, 2.75) is 41.3 Å². The Morgan fingerprint density at radius 1 is 1.20 bits per heavy atom. The van der Waals surface area contributed by atoms with Crippen LogP contribution in [0.15, 0.2) is 63.4 Å². The maximum atomic E-state index is 13.3. The Labute approximate surface area is 183 Å². The molecule has 0 N–H and O–H groups in total. The monoisotopic (exact) mass is 438 g/mol. The highest BCUT2D eigenvalue weighted by atomic mass is 32.2. The van der Waals surface area contributed by atoms with Gasteiger partial charge < -0.3 is 4.74 Å². The van der Waals surface area contributed by atoms with Crippen LogP contribution in [-0.4, -0.2) is 27.9 Å². The van der Waals surface area contributed by atoms with Crippen LogP contribution in [0.3, 0.4) is 0 Å². The van der Waals surface area contributed by atoms with E-state index in [4.69, 9.17) is 9.72 Å². The lowest BCUT2D eigenvalue weighted by Gasteiger charge is -2.14. The van der Waals surface area contributed by atoms with Gasteiger partial charge in [0.05, 0.1) is 29.0 Å². The molecule has 0 radical (unpaired) electrons. The van der Waals surface area contributed by atoms with Crippen molar-refractivity contribution < 1.29 is 9.53 Å². The zero-order valence-electron chi connectivity index (χ0n) is 17.0. The Morgan fingerprint density at radius 2 is 1.90 bits per heavy atom. The quantitative estimate of drug-likeness (QED) is 0.328. The third-order valence-corrected chi connectivity index (χ3v) is 7.14. The number of rotatable bonds is 5. The summed E-state index contributed by atoms with van der Waals surface area (Å²) in [5, 5.41) is 1.05. The zero-order valence-corrected chi connectivity index (χ0v) is 18.7. The average molecular weight is 439 g/mol. The van der Waals surface area contributed by atoms with Crippen LogP contribution in [0.1, 0.15) is 34.1 Å². The fraction of sp³-hybridized carbons (Fsp3) is 0.261. The summed E-state index contributed by atoms with van der Waals surface area (Å²) in [5.74, 6) is 0.288. The molecule has 3 aromatic rings. The van der Waals surface area contributed by atoms with E-state index in [1.165, 1.54) is 18.9 Å². The number of hydrogen-bond acceptors (Lipinski definition) is 6. The molecule has 0 aliphatic carbocycles. The fourth-order valence-electron chi connectivity index (χ4n) is 3.32. The van der Waals surface area contributed by atoms with E-state index >= 15 is 0 Å². The number of fused-ring (bicyclic) bond motifs is 1. The first-order chi connectivity index (χ1) is 14.5. The molecule has 0 saturated carbocycles. The van der Waals surface area contributed by atoms with E-state index in [2.05, 4.69) is 6.92 Å². The normalized spacial score (nSPS) is 15.1. The smallest absolute Gasteiger partial charge is 0.337 e. The molecule has 1 aromatic heterocycles. The second-order valence-corrected chi connectivity index (χ2v) is 9.65.